The minimum atomic E-state index is 0.120. The van der Waals surface area contributed by atoms with Crippen molar-refractivity contribution in [3.05, 3.63) is 65.9 Å². The first-order valence-corrected chi connectivity index (χ1v) is 9.71. The maximum atomic E-state index is 5.54. The van der Waals surface area contributed by atoms with Gasteiger partial charge in [0.25, 0.3) is 5.89 Å². The number of benzene rings is 2. The predicted octanol–water partition coefficient (Wildman–Crippen LogP) is 6.13. The molecular weight excluding hydrogens is 354 g/mol. The fourth-order valence-corrected chi connectivity index (χ4v) is 3.84. The molecule has 0 radical (unpaired) electrons. The van der Waals surface area contributed by atoms with Crippen molar-refractivity contribution in [2.24, 2.45) is 0 Å². The van der Waals surface area contributed by atoms with Crippen LogP contribution in [0.15, 0.2) is 59.1 Å². The molecule has 0 aliphatic rings. The van der Waals surface area contributed by atoms with E-state index in [4.69, 9.17) is 4.52 Å². The third kappa shape index (κ3) is 3.55. The van der Waals surface area contributed by atoms with Gasteiger partial charge in [0, 0.05) is 11.1 Å². The molecule has 136 valence electrons. The molecule has 5 heteroatoms. The van der Waals surface area contributed by atoms with Gasteiger partial charge in [0.2, 0.25) is 5.82 Å². The Hall–Kier alpha value is -2.79. The Kier molecular flexibility index (Phi) is 4.40. The first-order valence-electron chi connectivity index (χ1n) is 8.90. The summed E-state index contributed by atoms with van der Waals surface area (Å²) in [5, 5.41) is 5.13. The van der Waals surface area contributed by atoms with E-state index in [1.807, 2.05) is 37.3 Å². The van der Waals surface area contributed by atoms with Crippen molar-refractivity contribution in [1.82, 2.24) is 15.1 Å². The van der Waals surface area contributed by atoms with Crippen LogP contribution in [0.4, 0.5) is 0 Å². The number of thiazole rings is 1. The second kappa shape index (κ2) is 6.74. The number of aryl methyl sites for hydroxylation is 1. The first kappa shape index (κ1) is 17.6. The van der Waals surface area contributed by atoms with E-state index >= 15 is 0 Å². The summed E-state index contributed by atoms with van der Waals surface area (Å²) < 4.78 is 5.54. The first-order chi connectivity index (χ1) is 12.9. The fourth-order valence-electron chi connectivity index (χ4n) is 2.85. The lowest BCUT2D eigenvalue weighted by Crippen LogP contribution is -2.10. The number of aromatic nitrogens is 3. The SMILES string of the molecule is Cc1nc(-c2ccccc2)sc1-c1nc(-c2ccc(C(C)(C)C)cc2)no1. The predicted molar refractivity (Wildman–Crippen MR) is 110 cm³/mol. The van der Waals surface area contributed by atoms with Crippen molar-refractivity contribution in [2.45, 2.75) is 33.1 Å². The highest BCUT2D eigenvalue weighted by Crippen LogP contribution is 2.35. The number of hydrogen-bond donors (Lipinski definition) is 0. The zero-order chi connectivity index (χ0) is 19.0. The fraction of sp³-hybridized carbons (Fsp3) is 0.227. The highest BCUT2D eigenvalue weighted by Gasteiger charge is 2.18. The number of rotatable bonds is 3. The molecule has 0 N–H and O–H groups in total. The molecule has 4 nitrogen and oxygen atoms in total. The maximum absolute atomic E-state index is 5.54. The largest absolute Gasteiger partial charge is 0.333 e. The Balaban J connectivity index is 1.64. The highest BCUT2D eigenvalue weighted by atomic mass is 32.1. The lowest BCUT2D eigenvalue weighted by Gasteiger charge is -2.18. The highest BCUT2D eigenvalue weighted by molar-refractivity contribution is 7.18. The molecule has 0 saturated heterocycles. The lowest BCUT2D eigenvalue weighted by atomic mass is 9.87. The Morgan fingerprint density at radius 2 is 1.56 bits per heavy atom. The molecule has 2 aromatic heterocycles. The Morgan fingerprint density at radius 3 is 2.22 bits per heavy atom. The van der Waals surface area contributed by atoms with Crippen LogP contribution in [0.1, 0.15) is 32.0 Å². The summed E-state index contributed by atoms with van der Waals surface area (Å²) in [6, 6.07) is 18.5. The lowest BCUT2D eigenvalue weighted by molar-refractivity contribution is 0.433. The van der Waals surface area contributed by atoms with Crippen molar-refractivity contribution in [2.75, 3.05) is 0 Å². The quantitative estimate of drug-likeness (QED) is 0.432. The summed E-state index contributed by atoms with van der Waals surface area (Å²) in [4.78, 5) is 10.2. The van der Waals surface area contributed by atoms with Crippen LogP contribution in [0.5, 0.6) is 0 Å². The van der Waals surface area contributed by atoms with Crippen LogP contribution in [0.25, 0.3) is 32.7 Å². The topological polar surface area (TPSA) is 51.8 Å². The minimum Gasteiger partial charge on any atom is -0.333 e. The summed E-state index contributed by atoms with van der Waals surface area (Å²) in [6.07, 6.45) is 0. The van der Waals surface area contributed by atoms with Crippen LogP contribution >= 0.6 is 11.3 Å². The van der Waals surface area contributed by atoms with Crippen LogP contribution in [0, 0.1) is 6.92 Å². The Bertz CT molecular complexity index is 1060. The average molecular weight is 375 g/mol. The van der Waals surface area contributed by atoms with E-state index in [-0.39, 0.29) is 5.41 Å². The van der Waals surface area contributed by atoms with E-state index in [2.05, 4.69) is 60.2 Å². The molecule has 4 aromatic rings. The summed E-state index contributed by atoms with van der Waals surface area (Å²) in [5.41, 5.74) is 4.34. The molecule has 0 bridgehead atoms. The molecule has 0 aliphatic carbocycles. The van der Waals surface area contributed by atoms with Gasteiger partial charge in [-0.3, -0.25) is 0 Å². The minimum absolute atomic E-state index is 0.120. The van der Waals surface area contributed by atoms with Gasteiger partial charge in [-0.1, -0.05) is 80.5 Å². The molecular formula is C22H21N3OS. The third-order valence-electron chi connectivity index (χ3n) is 4.45. The molecule has 0 fully saturated rings. The average Bonchev–Trinajstić information content (AvgIpc) is 3.28. The second-order valence-corrected chi connectivity index (χ2v) is 8.55. The zero-order valence-corrected chi connectivity index (χ0v) is 16.7. The molecule has 0 atom stereocenters. The maximum Gasteiger partial charge on any atom is 0.270 e. The van der Waals surface area contributed by atoms with E-state index in [1.165, 1.54) is 5.56 Å². The normalized spacial score (nSPS) is 11.7. The summed E-state index contributed by atoms with van der Waals surface area (Å²) in [6.45, 7) is 8.57. The van der Waals surface area contributed by atoms with Gasteiger partial charge in [-0.2, -0.15) is 4.98 Å². The Labute approximate surface area is 162 Å². The molecule has 0 aliphatic heterocycles. The zero-order valence-electron chi connectivity index (χ0n) is 15.9. The standard InChI is InChI=1S/C22H21N3OS/c1-14-18(27-21(23-14)16-8-6-5-7-9-16)20-24-19(25-26-20)15-10-12-17(13-11-15)22(2,3)4/h5-13H,1-4H3. The van der Waals surface area contributed by atoms with Crippen LogP contribution in [0.3, 0.4) is 0 Å². The summed E-state index contributed by atoms with van der Waals surface area (Å²) in [7, 11) is 0. The van der Waals surface area contributed by atoms with Gasteiger partial charge in [0.1, 0.15) is 9.88 Å². The monoisotopic (exact) mass is 375 g/mol. The van der Waals surface area contributed by atoms with Crippen molar-refractivity contribution < 1.29 is 4.52 Å². The molecule has 0 unspecified atom stereocenters. The number of nitrogens with zero attached hydrogens (tertiary/aromatic N) is 3. The molecule has 0 saturated carbocycles. The van der Waals surface area contributed by atoms with Crippen molar-refractivity contribution >= 4 is 11.3 Å². The summed E-state index contributed by atoms with van der Waals surface area (Å²) in [5.74, 6) is 1.11. The van der Waals surface area contributed by atoms with E-state index < -0.39 is 0 Å². The van der Waals surface area contributed by atoms with E-state index in [9.17, 15) is 0 Å². The number of hydrogen-bond acceptors (Lipinski definition) is 5. The van der Waals surface area contributed by atoms with Crippen LogP contribution < -0.4 is 0 Å². The van der Waals surface area contributed by atoms with Gasteiger partial charge in [-0.05, 0) is 17.9 Å². The van der Waals surface area contributed by atoms with Crippen molar-refractivity contribution in [1.29, 1.82) is 0 Å². The van der Waals surface area contributed by atoms with Crippen molar-refractivity contribution in [3.63, 3.8) is 0 Å². The van der Waals surface area contributed by atoms with E-state index in [1.54, 1.807) is 11.3 Å². The van der Waals surface area contributed by atoms with Crippen LogP contribution in [0.2, 0.25) is 0 Å². The van der Waals surface area contributed by atoms with Gasteiger partial charge in [-0.25, -0.2) is 4.98 Å². The smallest absolute Gasteiger partial charge is 0.270 e. The van der Waals surface area contributed by atoms with Crippen LogP contribution in [-0.2, 0) is 5.41 Å². The molecule has 4 rings (SSSR count). The van der Waals surface area contributed by atoms with Gasteiger partial charge < -0.3 is 4.52 Å². The second-order valence-electron chi connectivity index (χ2n) is 7.55. The molecule has 0 amide bonds. The van der Waals surface area contributed by atoms with Gasteiger partial charge >= 0.3 is 0 Å². The van der Waals surface area contributed by atoms with Crippen molar-refractivity contribution in [3.8, 4) is 32.7 Å². The van der Waals surface area contributed by atoms with Gasteiger partial charge in [-0.15, -0.1) is 11.3 Å². The molecule has 2 aromatic carbocycles. The van der Waals surface area contributed by atoms with Gasteiger partial charge in [0.15, 0.2) is 0 Å². The summed E-state index contributed by atoms with van der Waals surface area (Å²) >= 11 is 1.57. The van der Waals surface area contributed by atoms with Gasteiger partial charge in [0.05, 0.1) is 5.69 Å². The van der Waals surface area contributed by atoms with Crippen LogP contribution in [-0.4, -0.2) is 15.1 Å². The Morgan fingerprint density at radius 1 is 0.852 bits per heavy atom. The van der Waals surface area contributed by atoms with E-state index in [0.717, 1.165) is 26.7 Å². The third-order valence-corrected chi connectivity index (χ3v) is 5.64. The molecule has 0 spiro atoms. The molecule has 2 heterocycles. The van der Waals surface area contributed by atoms with E-state index in [0.29, 0.717) is 11.7 Å². The molecule has 27 heavy (non-hydrogen) atoms.